The SMILES string of the molecule is Cc1cc(C)c(NC(C)c2ccccc2C2C(c3ccccc3)=Cc3ccccc32)c(C)c1. The molecule has 0 fully saturated rings. The summed E-state index contributed by atoms with van der Waals surface area (Å²) < 4.78 is 0. The summed E-state index contributed by atoms with van der Waals surface area (Å²) in [7, 11) is 0. The molecule has 4 aromatic rings. The van der Waals surface area contributed by atoms with Crippen LogP contribution in [0.3, 0.4) is 0 Å². The Bertz CT molecular complexity index is 1310. The van der Waals surface area contributed by atoms with E-state index in [9.17, 15) is 0 Å². The molecule has 0 spiro atoms. The molecule has 0 aliphatic heterocycles. The van der Waals surface area contributed by atoms with Crippen molar-refractivity contribution in [2.24, 2.45) is 0 Å². The summed E-state index contributed by atoms with van der Waals surface area (Å²) in [4.78, 5) is 0. The molecule has 5 rings (SSSR count). The van der Waals surface area contributed by atoms with Gasteiger partial charge < -0.3 is 5.32 Å². The maximum atomic E-state index is 3.84. The Balaban J connectivity index is 1.59. The molecule has 164 valence electrons. The maximum Gasteiger partial charge on any atom is 0.0488 e. The Hall–Kier alpha value is -3.58. The van der Waals surface area contributed by atoms with E-state index in [2.05, 4.69) is 130 Å². The van der Waals surface area contributed by atoms with Crippen LogP contribution in [0.4, 0.5) is 5.69 Å². The van der Waals surface area contributed by atoms with Crippen LogP contribution in [0.5, 0.6) is 0 Å². The number of benzene rings is 4. The van der Waals surface area contributed by atoms with Crippen LogP contribution in [0.25, 0.3) is 11.6 Å². The maximum absolute atomic E-state index is 3.84. The summed E-state index contributed by atoms with van der Waals surface area (Å²) in [5, 5.41) is 3.84. The molecular weight excluding hydrogens is 398 g/mol. The second-order valence-electron chi connectivity index (χ2n) is 9.30. The normalized spacial score (nSPS) is 15.6. The zero-order valence-corrected chi connectivity index (χ0v) is 19.9. The van der Waals surface area contributed by atoms with Crippen molar-refractivity contribution in [2.45, 2.75) is 39.7 Å². The predicted octanol–water partition coefficient (Wildman–Crippen LogP) is 8.47. The van der Waals surface area contributed by atoms with Crippen molar-refractivity contribution in [2.75, 3.05) is 5.32 Å². The monoisotopic (exact) mass is 429 g/mol. The number of hydrogen-bond acceptors (Lipinski definition) is 1. The van der Waals surface area contributed by atoms with E-state index in [1.165, 1.54) is 55.8 Å². The highest BCUT2D eigenvalue weighted by atomic mass is 14.9. The molecule has 1 N–H and O–H groups in total. The van der Waals surface area contributed by atoms with Crippen molar-refractivity contribution in [3.8, 4) is 0 Å². The summed E-state index contributed by atoms with van der Waals surface area (Å²) in [6, 6.07) is 33.3. The Morgan fingerprint density at radius 3 is 2.03 bits per heavy atom. The Labute approximate surface area is 197 Å². The van der Waals surface area contributed by atoms with Crippen LogP contribution in [0, 0.1) is 20.8 Å². The standard InChI is InChI=1S/C32H31N/c1-21-18-22(2)32(23(3)19-21)33-24(4)27-15-10-11-17-29(27)31-28-16-9-8-14-26(28)20-30(31)25-12-6-5-7-13-25/h5-20,24,31,33H,1-4H3. The van der Waals surface area contributed by atoms with Gasteiger partial charge in [0.1, 0.15) is 0 Å². The van der Waals surface area contributed by atoms with Crippen LogP contribution in [-0.2, 0) is 0 Å². The molecule has 0 saturated heterocycles. The van der Waals surface area contributed by atoms with Crippen LogP contribution in [-0.4, -0.2) is 0 Å². The fourth-order valence-electron chi connectivity index (χ4n) is 5.41. The first-order valence-corrected chi connectivity index (χ1v) is 11.8. The van der Waals surface area contributed by atoms with Crippen LogP contribution < -0.4 is 5.32 Å². The lowest BCUT2D eigenvalue weighted by Gasteiger charge is -2.26. The van der Waals surface area contributed by atoms with Gasteiger partial charge in [-0.3, -0.25) is 0 Å². The first-order valence-electron chi connectivity index (χ1n) is 11.8. The van der Waals surface area contributed by atoms with Crippen LogP contribution >= 0.6 is 0 Å². The van der Waals surface area contributed by atoms with Gasteiger partial charge in [-0.2, -0.15) is 0 Å². The Morgan fingerprint density at radius 2 is 1.30 bits per heavy atom. The molecular formula is C32H31N. The minimum absolute atomic E-state index is 0.186. The van der Waals surface area contributed by atoms with E-state index < -0.39 is 0 Å². The van der Waals surface area contributed by atoms with Crippen molar-refractivity contribution in [3.05, 3.63) is 136 Å². The average molecular weight is 430 g/mol. The number of hydrogen-bond donors (Lipinski definition) is 1. The second-order valence-corrected chi connectivity index (χ2v) is 9.30. The smallest absolute Gasteiger partial charge is 0.0488 e. The van der Waals surface area contributed by atoms with E-state index in [1.807, 2.05) is 0 Å². The first kappa shape index (κ1) is 21.3. The van der Waals surface area contributed by atoms with Gasteiger partial charge in [0.25, 0.3) is 0 Å². The molecule has 2 unspecified atom stereocenters. The summed E-state index contributed by atoms with van der Waals surface area (Å²) in [5.74, 6) is 0.226. The molecule has 1 nitrogen and oxygen atoms in total. The lowest BCUT2D eigenvalue weighted by molar-refractivity contribution is 0.850. The van der Waals surface area contributed by atoms with Gasteiger partial charge in [-0.25, -0.2) is 0 Å². The van der Waals surface area contributed by atoms with Gasteiger partial charge in [-0.15, -0.1) is 0 Å². The van der Waals surface area contributed by atoms with Gasteiger partial charge in [-0.05, 0) is 78.3 Å². The van der Waals surface area contributed by atoms with Crippen LogP contribution in [0.1, 0.15) is 63.4 Å². The van der Waals surface area contributed by atoms with Gasteiger partial charge in [-0.1, -0.05) is 96.6 Å². The van der Waals surface area contributed by atoms with Crippen molar-refractivity contribution < 1.29 is 0 Å². The van der Waals surface area contributed by atoms with E-state index in [1.54, 1.807) is 0 Å². The lowest BCUT2D eigenvalue weighted by atomic mass is 9.81. The van der Waals surface area contributed by atoms with Crippen molar-refractivity contribution in [1.82, 2.24) is 0 Å². The Kier molecular flexibility index (Phi) is 5.64. The molecule has 0 radical (unpaired) electrons. The third-order valence-corrected chi connectivity index (χ3v) is 6.85. The molecule has 0 aromatic heterocycles. The van der Waals surface area contributed by atoms with Gasteiger partial charge >= 0.3 is 0 Å². The largest absolute Gasteiger partial charge is 0.378 e. The minimum atomic E-state index is 0.186. The molecule has 33 heavy (non-hydrogen) atoms. The first-order chi connectivity index (χ1) is 16.0. The third-order valence-electron chi connectivity index (χ3n) is 6.85. The number of fused-ring (bicyclic) bond motifs is 1. The zero-order chi connectivity index (χ0) is 22.9. The van der Waals surface area contributed by atoms with Crippen LogP contribution in [0.15, 0.2) is 91.0 Å². The van der Waals surface area contributed by atoms with Crippen molar-refractivity contribution in [3.63, 3.8) is 0 Å². The minimum Gasteiger partial charge on any atom is -0.378 e. The van der Waals surface area contributed by atoms with Crippen molar-refractivity contribution in [1.29, 1.82) is 0 Å². The molecule has 4 aromatic carbocycles. The van der Waals surface area contributed by atoms with E-state index >= 15 is 0 Å². The topological polar surface area (TPSA) is 12.0 Å². The third kappa shape index (κ3) is 4.00. The molecule has 0 bridgehead atoms. The quantitative estimate of drug-likeness (QED) is 0.335. The van der Waals surface area contributed by atoms with E-state index in [0.29, 0.717) is 0 Å². The lowest BCUT2D eigenvalue weighted by Crippen LogP contribution is -2.14. The van der Waals surface area contributed by atoms with Crippen LogP contribution in [0.2, 0.25) is 0 Å². The number of aryl methyl sites for hydroxylation is 3. The van der Waals surface area contributed by atoms with Gasteiger partial charge in [0.15, 0.2) is 0 Å². The molecule has 1 aliphatic carbocycles. The molecule has 0 amide bonds. The summed E-state index contributed by atoms with van der Waals surface area (Å²) in [6.45, 7) is 8.84. The number of rotatable bonds is 5. The molecule has 2 atom stereocenters. The average Bonchev–Trinajstić information content (AvgIpc) is 3.21. The van der Waals surface area contributed by atoms with Gasteiger partial charge in [0.2, 0.25) is 0 Å². The van der Waals surface area contributed by atoms with E-state index in [-0.39, 0.29) is 12.0 Å². The summed E-state index contributed by atoms with van der Waals surface area (Å²) >= 11 is 0. The Morgan fingerprint density at radius 1 is 0.697 bits per heavy atom. The van der Waals surface area contributed by atoms with Crippen molar-refractivity contribution >= 4 is 17.3 Å². The molecule has 1 heteroatoms. The fraction of sp³-hybridized carbons (Fsp3) is 0.188. The molecule has 0 heterocycles. The zero-order valence-electron chi connectivity index (χ0n) is 19.9. The number of allylic oxidation sites excluding steroid dienone is 1. The highest BCUT2D eigenvalue weighted by Crippen LogP contribution is 2.47. The highest BCUT2D eigenvalue weighted by Gasteiger charge is 2.30. The van der Waals surface area contributed by atoms with E-state index in [0.717, 1.165) is 0 Å². The number of anilines is 1. The number of nitrogens with one attached hydrogen (secondary N) is 1. The fourth-order valence-corrected chi connectivity index (χ4v) is 5.41. The second kappa shape index (κ2) is 8.75. The van der Waals surface area contributed by atoms with E-state index in [4.69, 9.17) is 0 Å². The van der Waals surface area contributed by atoms with Gasteiger partial charge in [0, 0.05) is 17.6 Å². The summed E-state index contributed by atoms with van der Waals surface area (Å²) in [6.07, 6.45) is 2.37. The summed E-state index contributed by atoms with van der Waals surface area (Å²) in [5.41, 5.74) is 13.2. The molecule has 1 aliphatic rings. The predicted molar refractivity (Wildman–Crippen MR) is 142 cm³/mol. The molecule has 0 saturated carbocycles. The van der Waals surface area contributed by atoms with Gasteiger partial charge in [0.05, 0.1) is 0 Å². The highest BCUT2D eigenvalue weighted by molar-refractivity contribution is 5.93.